The standard InChI is InChI=1S/C12H26N2/c1-4-12-5-7-14(10-12)8-6-13-9-11(2)3/h11-13H,4-10H2,1-3H3. The van der Waals surface area contributed by atoms with Gasteiger partial charge in [-0.3, -0.25) is 0 Å². The fraction of sp³-hybridized carbons (Fsp3) is 1.00. The zero-order valence-corrected chi connectivity index (χ0v) is 10.1. The topological polar surface area (TPSA) is 15.3 Å². The van der Waals surface area contributed by atoms with E-state index in [9.17, 15) is 0 Å². The Morgan fingerprint density at radius 3 is 2.79 bits per heavy atom. The molecule has 14 heavy (non-hydrogen) atoms. The second-order valence-corrected chi connectivity index (χ2v) is 4.96. The van der Waals surface area contributed by atoms with Crippen LogP contribution in [0.5, 0.6) is 0 Å². The molecular weight excluding hydrogens is 172 g/mol. The van der Waals surface area contributed by atoms with Crippen molar-refractivity contribution in [1.82, 2.24) is 10.2 Å². The molecular formula is C12H26N2. The highest BCUT2D eigenvalue weighted by molar-refractivity contribution is 4.74. The molecule has 1 rings (SSSR count). The number of rotatable bonds is 6. The van der Waals surface area contributed by atoms with Crippen molar-refractivity contribution in [2.45, 2.75) is 33.6 Å². The highest BCUT2D eigenvalue weighted by Gasteiger charge is 2.19. The van der Waals surface area contributed by atoms with Gasteiger partial charge in [0.25, 0.3) is 0 Å². The van der Waals surface area contributed by atoms with E-state index >= 15 is 0 Å². The highest BCUT2D eigenvalue weighted by Crippen LogP contribution is 2.17. The molecule has 0 aromatic rings. The maximum atomic E-state index is 3.50. The van der Waals surface area contributed by atoms with Gasteiger partial charge >= 0.3 is 0 Å². The number of likely N-dealkylation sites (tertiary alicyclic amines) is 1. The van der Waals surface area contributed by atoms with Gasteiger partial charge in [-0.25, -0.2) is 0 Å². The van der Waals surface area contributed by atoms with Crippen LogP contribution < -0.4 is 5.32 Å². The molecule has 1 heterocycles. The normalized spacial score (nSPS) is 23.6. The second kappa shape index (κ2) is 6.41. The number of nitrogens with zero attached hydrogens (tertiary/aromatic N) is 1. The molecule has 0 amide bonds. The van der Waals surface area contributed by atoms with Gasteiger partial charge in [-0.05, 0) is 31.3 Å². The van der Waals surface area contributed by atoms with Crippen molar-refractivity contribution in [1.29, 1.82) is 0 Å². The van der Waals surface area contributed by atoms with Crippen molar-refractivity contribution < 1.29 is 0 Å². The maximum absolute atomic E-state index is 3.50. The summed E-state index contributed by atoms with van der Waals surface area (Å²) in [7, 11) is 0. The monoisotopic (exact) mass is 198 g/mol. The summed E-state index contributed by atoms with van der Waals surface area (Å²) in [4.78, 5) is 2.60. The maximum Gasteiger partial charge on any atom is 0.0107 e. The third-order valence-electron chi connectivity index (χ3n) is 3.10. The van der Waals surface area contributed by atoms with Crippen molar-refractivity contribution in [3.63, 3.8) is 0 Å². The minimum absolute atomic E-state index is 0.775. The van der Waals surface area contributed by atoms with E-state index < -0.39 is 0 Å². The summed E-state index contributed by atoms with van der Waals surface area (Å²) in [6.45, 7) is 13.0. The average molecular weight is 198 g/mol. The Morgan fingerprint density at radius 1 is 1.43 bits per heavy atom. The van der Waals surface area contributed by atoms with Gasteiger partial charge in [-0.2, -0.15) is 0 Å². The first-order chi connectivity index (χ1) is 6.72. The first-order valence-electron chi connectivity index (χ1n) is 6.15. The minimum Gasteiger partial charge on any atom is -0.315 e. The van der Waals surface area contributed by atoms with Gasteiger partial charge in [-0.1, -0.05) is 27.2 Å². The molecule has 0 spiro atoms. The molecule has 0 radical (unpaired) electrons. The molecule has 2 heteroatoms. The molecule has 1 fully saturated rings. The fourth-order valence-corrected chi connectivity index (χ4v) is 2.08. The Labute approximate surface area is 89.1 Å². The summed E-state index contributed by atoms with van der Waals surface area (Å²) in [5, 5.41) is 3.50. The van der Waals surface area contributed by atoms with Crippen LogP contribution in [0.4, 0.5) is 0 Å². The van der Waals surface area contributed by atoms with Gasteiger partial charge in [-0.15, -0.1) is 0 Å². The Hall–Kier alpha value is -0.0800. The zero-order valence-electron chi connectivity index (χ0n) is 10.1. The van der Waals surface area contributed by atoms with Crippen LogP contribution in [0.1, 0.15) is 33.6 Å². The molecule has 1 aliphatic rings. The second-order valence-electron chi connectivity index (χ2n) is 4.96. The minimum atomic E-state index is 0.775. The van der Waals surface area contributed by atoms with Crippen molar-refractivity contribution in [3.05, 3.63) is 0 Å². The van der Waals surface area contributed by atoms with Gasteiger partial charge in [0.1, 0.15) is 0 Å². The number of hydrogen-bond donors (Lipinski definition) is 1. The quantitative estimate of drug-likeness (QED) is 0.656. The number of hydrogen-bond acceptors (Lipinski definition) is 2. The molecule has 0 aliphatic carbocycles. The third-order valence-corrected chi connectivity index (χ3v) is 3.10. The molecule has 0 aromatic carbocycles. The average Bonchev–Trinajstić information content (AvgIpc) is 2.60. The SMILES string of the molecule is CCC1CCN(CCNCC(C)C)C1. The van der Waals surface area contributed by atoms with E-state index in [4.69, 9.17) is 0 Å². The Morgan fingerprint density at radius 2 is 2.21 bits per heavy atom. The number of nitrogens with one attached hydrogen (secondary N) is 1. The van der Waals surface area contributed by atoms with E-state index in [1.54, 1.807) is 0 Å². The smallest absolute Gasteiger partial charge is 0.0107 e. The Bertz CT molecular complexity index is 145. The summed E-state index contributed by atoms with van der Waals surface area (Å²) >= 11 is 0. The molecule has 1 N–H and O–H groups in total. The zero-order chi connectivity index (χ0) is 10.4. The van der Waals surface area contributed by atoms with E-state index in [0.717, 1.165) is 24.9 Å². The molecule has 0 bridgehead atoms. The van der Waals surface area contributed by atoms with Crippen LogP contribution in [0.2, 0.25) is 0 Å². The van der Waals surface area contributed by atoms with Crippen LogP contribution in [0.25, 0.3) is 0 Å². The lowest BCUT2D eigenvalue weighted by atomic mass is 10.1. The van der Waals surface area contributed by atoms with E-state index in [-0.39, 0.29) is 0 Å². The molecule has 1 atom stereocenters. The van der Waals surface area contributed by atoms with Crippen LogP contribution in [0.3, 0.4) is 0 Å². The van der Waals surface area contributed by atoms with Crippen LogP contribution >= 0.6 is 0 Å². The summed E-state index contributed by atoms with van der Waals surface area (Å²) in [6.07, 6.45) is 2.77. The Balaban J connectivity index is 1.97. The van der Waals surface area contributed by atoms with Crippen LogP contribution in [-0.2, 0) is 0 Å². The third kappa shape index (κ3) is 4.43. The molecule has 2 nitrogen and oxygen atoms in total. The lowest BCUT2D eigenvalue weighted by molar-refractivity contribution is 0.318. The molecule has 0 saturated carbocycles. The van der Waals surface area contributed by atoms with Crippen molar-refractivity contribution in [2.24, 2.45) is 11.8 Å². The summed E-state index contributed by atoms with van der Waals surface area (Å²) in [5.41, 5.74) is 0. The van der Waals surface area contributed by atoms with Crippen molar-refractivity contribution in [3.8, 4) is 0 Å². The Kier molecular flexibility index (Phi) is 5.49. The van der Waals surface area contributed by atoms with E-state index in [1.807, 2.05) is 0 Å². The summed E-state index contributed by atoms with van der Waals surface area (Å²) < 4.78 is 0. The van der Waals surface area contributed by atoms with Gasteiger partial charge in [0, 0.05) is 19.6 Å². The molecule has 84 valence electrons. The van der Waals surface area contributed by atoms with Gasteiger partial charge in [0.2, 0.25) is 0 Å². The van der Waals surface area contributed by atoms with Crippen LogP contribution in [-0.4, -0.2) is 37.6 Å². The summed E-state index contributed by atoms with van der Waals surface area (Å²) in [5.74, 6) is 1.75. The summed E-state index contributed by atoms with van der Waals surface area (Å²) in [6, 6.07) is 0. The van der Waals surface area contributed by atoms with E-state index in [1.165, 1.54) is 32.5 Å². The largest absolute Gasteiger partial charge is 0.315 e. The van der Waals surface area contributed by atoms with Crippen molar-refractivity contribution >= 4 is 0 Å². The predicted molar refractivity (Wildman–Crippen MR) is 62.5 cm³/mol. The molecule has 1 unspecified atom stereocenters. The predicted octanol–water partition coefficient (Wildman–Crippen LogP) is 1.96. The molecule has 1 aliphatic heterocycles. The van der Waals surface area contributed by atoms with Gasteiger partial charge < -0.3 is 10.2 Å². The highest BCUT2D eigenvalue weighted by atomic mass is 15.2. The first-order valence-corrected chi connectivity index (χ1v) is 6.15. The van der Waals surface area contributed by atoms with Crippen molar-refractivity contribution in [2.75, 3.05) is 32.7 Å². The van der Waals surface area contributed by atoms with Gasteiger partial charge in [0.05, 0.1) is 0 Å². The lowest BCUT2D eigenvalue weighted by Crippen LogP contribution is -2.32. The molecule has 1 saturated heterocycles. The van der Waals surface area contributed by atoms with Crippen LogP contribution in [0.15, 0.2) is 0 Å². The first kappa shape index (κ1) is 12.0. The van der Waals surface area contributed by atoms with E-state index in [0.29, 0.717) is 0 Å². The van der Waals surface area contributed by atoms with Gasteiger partial charge in [0.15, 0.2) is 0 Å². The van der Waals surface area contributed by atoms with E-state index in [2.05, 4.69) is 31.0 Å². The van der Waals surface area contributed by atoms with Crippen LogP contribution in [0, 0.1) is 11.8 Å². The molecule has 0 aromatic heterocycles. The fourth-order valence-electron chi connectivity index (χ4n) is 2.08. The lowest BCUT2D eigenvalue weighted by Gasteiger charge is -2.16.